The van der Waals surface area contributed by atoms with Gasteiger partial charge in [-0.25, -0.2) is 0 Å². The van der Waals surface area contributed by atoms with Gasteiger partial charge < -0.3 is 9.47 Å². The maximum Gasteiger partial charge on any atom is 0.297 e. The quantitative estimate of drug-likeness (QED) is 0.0889. The second kappa shape index (κ2) is 19.4. The molecular formula is C38H52O6S. The van der Waals surface area contributed by atoms with Crippen molar-refractivity contribution in [3.05, 3.63) is 101 Å². The molecule has 6 nitrogen and oxygen atoms in total. The van der Waals surface area contributed by atoms with Gasteiger partial charge in [-0.15, -0.1) is 0 Å². The number of ether oxygens (including phenoxy) is 2. The van der Waals surface area contributed by atoms with Gasteiger partial charge in [0.15, 0.2) is 0 Å². The van der Waals surface area contributed by atoms with E-state index >= 15 is 0 Å². The largest absolute Gasteiger partial charge is 0.379 e. The lowest BCUT2D eigenvalue weighted by molar-refractivity contribution is -0.118. The molecule has 246 valence electrons. The number of Topliss-reactive ketones (excluding diaryl/α,β-unsaturated/α-hetero) is 1. The zero-order valence-corrected chi connectivity index (χ0v) is 29.0. The van der Waals surface area contributed by atoms with Crippen molar-refractivity contribution < 1.29 is 26.9 Å². The summed E-state index contributed by atoms with van der Waals surface area (Å²) in [4.78, 5) is 11.7. The Morgan fingerprint density at radius 2 is 1.27 bits per heavy atom. The first kappa shape index (κ1) is 38.1. The molecule has 7 heteroatoms. The maximum atomic E-state index is 12.1. The van der Waals surface area contributed by atoms with E-state index in [2.05, 4.69) is 64.1 Å². The first-order valence-electron chi connectivity index (χ1n) is 15.8. The molecule has 0 aliphatic rings. The number of aryl methyl sites for hydroxylation is 2. The van der Waals surface area contributed by atoms with Crippen LogP contribution in [0.3, 0.4) is 0 Å². The summed E-state index contributed by atoms with van der Waals surface area (Å²) in [6.07, 6.45) is 7.25. The molecule has 0 radical (unpaired) electrons. The van der Waals surface area contributed by atoms with Crippen LogP contribution in [0.5, 0.6) is 0 Å². The molecule has 0 heterocycles. The van der Waals surface area contributed by atoms with Crippen LogP contribution < -0.4 is 0 Å². The maximum absolute atomic E-state index is 12.1. The number of carbonyl (C=O) groups excluding carboxylic acids is 1. The lowest BCUT2D eigenvalue weighted by atomic mass is 9.94. The molecule has 0 saturated heterocycles. The average Bonchev–Trinajstić information content (AvgIpc) is 3.01. The van der Waals surface area contributed by atoms with Gasteiger partial charge in [-0.2, -0.15) is 8.42 Å². The molecule has 45 heavy (non-hydrogen) atoms. The van der Waals surface area contributed by atoms with Crippen molar-refractivity contribution >= 4 is 28.1 Å². The number of hydrogen-bond donors (Lipinski definition) is 0. The normalized spacial score (nSPS) is 12.5. The predicted octanol–water partition coefficient (Wildman–Crippen LogP) is 8.67. The van der Waals surface area contributed by atoms with E-state index in [0.29, 0.717) is 25.2 Å². The SMILES string of the molecule is CC(=O)C(C)c1ccc(/C=C/c2ccc(CCCOCCOCCOS(=O)(=O)c3ccc(C)cc3)cc2)cc1.CCC(C)(C)C. The van der Waals surface area contributed by atoms with Crippen LogP contribution in [0.25, 0.3) is 12.2 Å². The van der Waals surface area contributed by atoms with E-state index in [-0.39, 0.29) is 29.8 Å². The first-order chi connectivity index (χ1) is 21.3. The minimum atomic E-state index is -3.76. The molecule has 0 bridgehead atoms. The Balaban J connectivity index is 0.00000107. The molecule has 0 saturated carbocycles. The van der Waals surface area contributed by atoms with Gasteiger partial charge in [0.2, 0.25) is 0 Å². The second-order valence-corrected chi connectivity index (χ2v) is 14.0. The summed E-state index contributed by atoms with van der Waals surface area (Å²) < 4.78 is 40.3. The number of ketones is 1. The molecule has 1 atom stereocenters. The zero-order chi connectivity index (χ0) is 33.3. The Kier molecular flexibility index (Phi) is 16.4. The number of benzene rings is 3. The zero-order valence-electron chi connectivity index (χ0n) is 28.2. The van der Waals surface area contributed by atoms with Gasteiger partial charge in [0.1, 0.15) is 5.78 Å². The lowest BCUT2D eigenvalue weighted by Gasteiger charge is -2.12. The van der Waals surface area contributed by atoms with Gasteiger partial charge in [-0.05, 0) is 66.5 Å². The topological polar surface area (TPSA) is 78.9 Å². The molecule has 0 aliphatic heterocycles. The highest BCUT2D eigenvalue weighted by molar-refractivity contribution is 7.86. The van der Waals surface area contributed by atoms with Gasteiger partial charge in [0.05, 0.1) is 31.3 Å². The van der Waals surface area contributed by atoms with Crippen LogP contribution in [0.15, 0.2) is 77.7 Å². The first-order valence-corrected chi connectivity index (χ1v) is 17.2. The molecule has 3 rings (SSSR count). The molecule has 1 unspecified atom stereocenters. The van der Waals surface area contributed by atoms with E-state index in [0.717, 1.165) is 35.1 Å². The van der Waals surface area contributed by atoms with Crippen molar-refractivity contribution in [2.45, 2.75) is 78.5 Å². The third-order valence-corrected chi connectivity index (χ3v) is 8.78. The Labute approximate surface area is 271 Å². The van der Waals surface area contributed by atoms with E-state index in [4.69, 9.17) is 13.7 Å². The average molecular weight is 637 g/mol. The Hall–Kier alpha value is -3.10. The summed E-state index contributed by atoms with van der Waals surface area (Å²) in [5, 5.41) is 0. The van der Waals surface area contributed by atoms with Crippen LogP contribution in [0.2, 0.25) is 0 Å². The molecule has 0 N–H and O–H groups in total. The molecule has 0 spiro atoms. The van der Waals surface area contributed by atoms with E-state index in [9.17, 15) is 13.2 Å². The highest BCUT2D eigenvalue weighted by atomic mass is 32.2. The number of hydrogen-bond acceptors (Lipinski definition) is 6. The van der Waals surface area contributed by atoms with E-state index in [1.807, 2.05) is 38.1 Å². The minimum Gasteiger partial charge on any atom is -0.379 e. The minimum absolute atomic E-state index is 0.0337. The van der Waals surface area contributed by atoms with Gasteiger partial charge in [-0.1, -0.05) is 119 Å². The molecule has 3 aromatic rings. The summed E-state index contributed by atoms with van der Waals surface area (Å²) in [6.45, 7) is 16.0. The smallest absolute Gasteiger partial charge is 0.297 e. The molecular weight excluding hydrogens is 584 g/mol. The fourth-order valence-corrected chi connectivity index (χ4v) is 4.69. The van der Waals surface area contributed by atoms with Crippen LogP contribution >= 0.6 is 0 Å². The Morgan fingerprint density at radius 3 is 1.78 bits per heavy atom. The Morgan fingerprint density at radius 1 is 0.778 bits per heavy atom. The summed E-state index contributed by atoms with van der Waals surface area (Å²) in [5.41, 5.74) is 6.04. The molecule has 0 fully saturated rings. The van der Waals surface area contributed by atoms with Gasteiger partial charge >= 0.3 is 0 Å². The van der Waals surface area contributed by atoms with Gasteiger partial charge in [0.25, 0.3) is 10.1 Å². The number of rotatable bonds is 16. The second-order valence-electron chi connectivity index (χ2n) is 12.4. The van der Waals surface area contributed by atoms with Gasteiger partial charge in [0, 0.05) is 12.5 Å². The van der Waals surface area contributed by atoms with Crippen molar-refractivity contribution in [2.75, 3.05) is 33.0 Å². The van der Waals surface area contributed by atoms with Crippen LogP contribution in [0.1, 0.15) is 88.1 Å². The fraction of sp³-hybridized carbons (Fsp3) is 0.447. The van der Waals surface area contributed by atoms with Gasteiger partial charge in [-0.3, -0.25) is 8.98 Å². The van der Waals surface area contributed by atoms with E-state index in [1.54, 1.807) is 19.1 Å². The van der Waals surface area contributed by atoms with Crippen LogP contribution in [0.4, 0.5) is 0 Å². The van der Waals surface area contributed by atoms with E-state index in [1.165, 1.54) is 24.1 Å². The predicted molar refractivity (Wildman–Crippen MR) is 185 cm³/mol. The highest BCUT2D eigenvalue weighted by Crippen LogP contribution is 2.19. The fourth-order valence-electron chi connectivity index (χ4n) is 3.79. The lowest BCUT2D eigenvalue weighted by Crippen LogP contribution is -2.13. The third kappa shape index (κ3) is 15.6. The van der Waals surface area contributed by atoms with Crippen molar-refractivity contribution in [1.29, 1.82) is 0 Å². The standard InChI is InChI=1S/C32H38O6S.C6H14/c1-25-6-18-32(19-7-25)39(34,35)38-24-23-37-22-21-36-20-4-5-28-8-10-29(11-9-28)12-13-30-14-16-31(17-15-30)26(2)27(3)33;1-5-6(2,3)4/h6-19,26H,4-5,20-24H2,1-3H3;5H2,1-4H3/b13-12+;. The molecule has 0 amide bonds. The molecule has 3 aromatic carbocycles. The highest BCUT2D eigenvalue weighted by Gasteiger charge is 2.14. The third-order valence-electron chi connectivity index (χ3n) is 7.46. The summed E-state index contributed by atoms with van der Waals surface area (Å²) in [5.74, 6) is 0.101. The monoisotopic (exact) mass is 636 g/mol. The molecule has 0 aromatic heterocycles. The van der Waals surface area contributed by atoms with E-state index < -0.39 is 10.1 Å². The van der Waals surface area contributed by atoms with Crippen molar-refractivity contribution in [3.63, 3.8) is 0 Å². The summed E-state index contributed by atoms with van der Waals surface area (Å²) >= 11 is 0. The molecule has 0 aliphatic carbocycles. The van der Waals surface area contributed by atoms with Crippen LogP contribution in [-0.2, 0) is 35.0 Å². The van der Waals surface area contributed by atoms with Crippen LogP contribution in [-0.4, -0.2) is 47.2 Å². The number of carbonyl (C=O) groups is 1. The van der Waals surface area contributed by atoms with Crippen molar-refractivity contribution in [2.24, 2.45) is 5.41 Å². The Bertz CT molecular complexity index is 1400. The van der Waals surface area contributed by atoms with Crippen molar-refractivity contribution in [1.82, 2.24) is 0 Å². The van der Waals surface area contributed by atoms with Crippen molar-refractivity contribution in [3.8, 4) is 0 Å². The summed E-state index contributed by atoms with van der Waals surface area (Å²) in [7, 11) is -3.76. The summed E-state index contributed by atoms with van der Waals surface area (Å²) in [6, 6.07) is 23.1. The van der Waals surface area contributed by atoms with Crippen LogP contribution in [0, 0.1) is 12.3 Å².